The summed E-state index contributed by atoms with van der Waals surface area (Å²) in [7, 11) is 1.42. The van der Waals surface area contributed by atoms with Gasteiger partial charge in [0.05, 0.1) is 13.3 Å². The van der Waals surface area contributed by atoms with Crippen LogP contribution in [0.2, 0.25) is 0 Å². The second-order valence-electron chi connectivity index (χ2n) is 4.56. The number of phenols is 1. The van der Waals surface area contributed by atoms with Gasteiger partial charge in [-0.15, -0.1) is 0 Å². The van der Waals surface area contributed by atoms with Crippen LogP contribution in [-0.2, 0) is 9.59 Å². The predicted molar refractivity (Wildman–Crippen MR) is 93.2 cm³/mol. The monoisotopic (exact) mass is 391 g/mol. The van der Waals surface area contributed by atoms with Crippen LogP contribution in [0.1, 0.15) is 5.56 Å². The molecule has 0 saturated carbocycles. The van der Waals surface area contributed by atoms with Gasteiger partial charge < -0.3 is 15.2 Å². The first-order chi connectivity index (χ1) is 11.5. The molecule has 24 heavy (non-hydrogen) atoms. The van der Waals surface area contributed by atoms with E-state index in [0.717, 1.165) is 4.47 Å². The van der Waals surface area contributed by atoms with Gasteiger partial charge in [-0.1, -0.05) is 28.1 Å². The van der Waals surface area contributed by atoms with E-state index in [-0.39, 0.29) is 11.5 Å². The molecule has 0 fully saturated rings. The van der Waals surface area contributed by atoms with Gasteiger partial charge in [0.1, 0.15) is 0 Å². The molecule has 2 amide bonds. The molecule has 0 unspecified atom stereocenters. The Morgan fingerprint density at radius 1 is 1.21 bits per heavy atom. The van der Waals surface area contributed by atoms with Crippen LogP contribution >= 0.6 is 15.9 Å². The molecule has 8 heteroatoms. The number of methoxy groups -OCH3 is 1. The molecule has 124 valence electrons. The third kappa shape index (κ3) is 4.56. The first-order valence-corrected chi connectivity index (χ1v) is 7.56. The average Bonchev–Trinajstić information content (AvgIpc) is 2.56. The van der Waals surface area contributed by atoms with Crippen LogP contribution in [0.25, 0.3) is 0 Å². The standard InChI is InChI=1S/C16H14BrN3O4/c1-24-13-7-2-4-10(14(13)21)9-18-20-16(23)15(22)19-12-6-3-5-11(17)8-12/h2-9,21H,1H3,(H,19,22)(H,20,23). The Labute approximate surface area is 146 Å². The number of carbonyl (C=O) groups is 2. The quantitative estimate of drug-likeness (QED) is 0.422. The van der Waals surface area contributed by atoms with E-state index in [1.165, 1.54) is 13.3 Å². The zero-order valence-corrected chi connectivity index (χ0v) is 14.2. The zero-order chi connectivity index (χ0) is 17.5. The van der Waals surface area contributed by atoms with Crippen molar-refractivity contribution in [3.05, 3.63) is 52.5 Å². The fourth-order valence-electron chi connectivity index (χ4n) is 1.77. The summed E-state index contributed by atoms with van der Waals surface area (Å²) in [6, 6.07) is 11.6. The van der Waals surface area contributed by atoms with Gasteiger partial charge in [-0.3, -0.25) is 9.59 Å². The molecular formula is C16H14BrN3O4. The van der Waals surface area contributed by atoms with Crippen molar-refractivity contribution >= 4 is 39.6 Å². The summed E-state index contributed by atoms with van der Waals surface area (Å²) < 4.78 is 5.73. The van der Waals surface area contributed by atoms with Crippen LogP contribution in [0.4, 0.5) is 5.69 Å². The Balaban J connectivity index is 1.96. The number of hydrogen-bond acceptors (Lipinski definition) is 5. The van der Waals surface area contributed by atoms with Crippen LogP contribution in [0.3, 0.4) is 0 Å². The van der Waals surface area contributed by atoms with Crippen LogP contribution in [-0.4, -0.2) is 30.2 Å². The van der Waals surface area contributed by atoms with Crippen molar-refractivity contribution in [2.45, 2.75) is 0 Å². The Hall–Kier alpha value is -2.87. The van der Waals surface area contributed by atoms with Gasteiger partial charge in [0.25, 0.3) is 0 Å². The minimum absolute atomic E-state index is 0.114. The number of benzene rings is 2. The number of phenolic OH excluding ortho intramolecular Hbond substituents is 1. The van der Waals surface area contributed by atoms with Crippen molar-refractivity contribution in [2.75, 3.05) is 12.4 Å². The van der Waals surface area contributed by atoms with Gasteiger partial charge in [-0.05, 0) is 30.3 Å². The number of rotatable bonds is 4. The smallest absolute Gasteiger partial charge is 0.329 e. The summed E-state index contributed by atoms with van der Waals surface area (Å²) in [4.78, 5) is 23.4. The van der Waals surface area contributed by atoms with E-state index in [9.17, 15) is 14.7 Å². The lowest BCUT2D eigenvalue weighted by atomic mass is 10.2. The number of ether oxygens (including phenoxy) is 1. The number of nitrogens with one attached hydrogen (secondary N) is 2. The zero-order valence-electron chi connectivity index (χ0n) is 12.6. The van der Waals surface area contributed by atoms with Crippen molar-refractivity contribution in [3.8, 4) is 11.5 Å². The van der Waals surface area contributed by atoms with E-state index in [2.05, 4.69) is 31.8 Å². The van der Waals surface area contributed by atoms with Gasteiger partial charge in [-0.25, -0.2) is 5.43 Å². The lowest BCUT2D eigenvalue weighted by Crippen LogP contribution is -2.32. The molecule has 2 rings (SSSR count). The minimum atomic E-state index is -0.936. The summed E-state index contributed by atoms with van der Waals surface area (Å²) in [6.07, 6.45) is 1.21. The highest BCUT2D eigenvalue weighted by molar-refractivity contribution is 9.10. The lowest BCUT2D eigenvalue weighted by Gasteiger charge is -2.05. The number of halogens is 1. The van der Waals surface area contributed by atoms with Crippen LogP contribution < -0.4 is 15.5 Å². The fourth-order valence-corrected chi connectivity index (χ4v) is 2.17. The Morgan fingerprint density at radius 3 is 2.67 bits per heavy atom. The third-order valence-corrected chi connectivity index (χ3v) is 3.40. The summed E-state index contributed by atoms with van der Waals surface area (Å²) in [5.41, 5.74) is 2.89. The average molecular weight is 392 g/mol. The summed E-state index contributed by atoms with van der Waals surface area (Å²) >= 11 is 3.27. The first-order valence-electron chi connectivity index (χ1n) is 6.77. The van der Waals surface area contributed by atoms with E-state index in [0.29, 0.717) is 11.3 Å². The second-order valence-corrected chi connectivity index (χ2v) is 5.48. The number of para-hydroxylation sites is 1. The summed E-state index contributed by atoms with van der Waals surface area (Å²) in [5.74, 6) is -1.64. The van der Waals surface area contributed by atoms with E-state index in [1.807, 2.05) is 0 Å². The molecule has 2 aromatic carbocycles. The molecule has 0 atom stereocenters. The lowest BCUT2D eigenvalue weighted by molar-refractivity contribution is -0.136. The van der Waals surface area contributed by atoms with Crippen molar-refractivity contribution in [2.24, 2.45) is 5.10 Å². The number of aromatic hydroxyl groups is 1. The number of nitrogens with zero attached hydrogens (tertiary/aromatic N) is 1. The van der Waals surface area contributed by atoms with Gasteiger partial charge in [0, 0.05) is 15.7 Å². The SMILES string of the molecule is COc1cccc(C=NNC(=O)C(=O)Nc2cccc(Br)c2)c1O. The Kier molecular flexibility index (Phi) is 5.91. The van der Waals surface area contributed by atoms with E-state index >= 15 is 0 Å². The molecule has 0 aliphatic rings. The van der Waals surface area contributed by atoms with Gasteiger partial charge in [0.15, 0.2) is 11.5 Å². The molecule has 0 saturated heterocycles. The van der Waals surface area contributed by atoms with Crippen LogP contribution in [0.15, 0.2) is 52.0 Å². The highest BCUT2D eigenvalue weighted by Crippen LogP contribution is 2.27. The molecular weight excluding hydrogens is 378 g/mol. The van der Waals surface area contributed by atoms with Gasteiger partial charge >= 0.3 is 11.8 Å². The molecule has 3 N–H and O–H groups in total. The maximum atomic E-state index is 11.8. The molecule has 0 aromatic heterocycles. The first kappa shape index (κ1) is 17.5. The second kappa shape index (κ2) is 8.11. The van der Waals surface area contributed by atoms with Gasteiger partial charge in [0.2, 0.25) is 0 Å². The molecule has 0 bridgehead atoms. The topological polar surface area (TPSA) is 100 Å². The van der Waals surface area contributed by atoms with Crippen LogP contribution in [0, 0.1) is 0 Å². The number of anilines is 1. The Bertz CT molecular complexity index is 793. The number of carbonyl (C=O) groups excluding carboxylic acids is 2. The number of hydrogen-bond donors (Lipinski definition) is 3. The Morgan fingerprint density at radius 2 is 1.96 bits per heavy atom. The van der Waals surface area contributed by atoms with E-state index in [4.69, 9.17) is 4.74 Å². The minimum Gasteiger partial charge on any atom is -0.504 e. The molecule has 2 aromatic rings. The van der Waals surface area contributed by atoms with Gasteiger partial charge in [-0.2, -0.15) is 5.10 Å². The predicted octanol–water partition coefficient (Wildman–Crippen LogP) is 2.25. The molecule has 0 spiro atoms. The molecule has 0 aliphatic carbocycles. The van der Waals surface area contributed by atoms with E-state index < -0.39 is 11.8 Å². The summed E-state index contributed by atoms with van der Waals surface area (Å²) in [5, 5.41) is 16.0. The van der Waals surface area contributed by atoms with Crippen molar-refractivity contribution < 1.29 is 19.4 Å². The fraction of sp³-hybridized carbons (Fsp3) is 0.0625. The number of hydrazone groups is 1. The maximum absolute atomic E-state index is 11.8. The normalized spacial score (nSPS) is 10.4. The maximum Gasteiger partial charge on any atom is 0.329 e. The summed E-state index contributed by atoms with van der Waals surface area (Å²) in [6.45, 7) is 0. The van der Waals surface area contributed by atoms with Crippen LogP contribution in [0.5, 0.6) is 11.5 Å². The highest BCUT2D eigenvalue weighted by Gasteiger charge is 2.13. The third-order valence-electron chi connectivity index (χ3n) is 2.91. The highest BCUT2D eigenvalue weighted by atomic mass is 79.9. The van der Waals surface area contributed by atoms with Crippen molar-refractivity contribution in [1.29, 1.82) is 0 Å². The molecule has 0 radical (unpaired) electrons. The number of amides is 2. The largest absolute Gasteiger partial charge is 0.504 e. The molecule has 0 heterocycles. The van der Waals surface area contributed by atoms with Crippen molar-refractivity contribution in [1.82, 2.24) is 5.43 Å². The molecule has 0 aliphatic heterocycles. The molecule has 7 nitrogen and oxygen atoms in total. The van der Waals surface area contributed by atoms with E-state index in [1.54, 1.807) is 42.5 Å². The van der Waals surface area contributed by atoms with Crippen molar-refractivity contribution in [3.63, 3.8) is 0 Å².